The number of ether oxygens (including phenoxy) is 1. The molecule has 1 saturated heterocycles. The van der Waals surface area contributed by atoms with Gasteiger partial charge in [0.25, 0.3) is 0 Å². The Hall–Kier alpha value is 0.210. The van der Waals surface area contributed by atoms with E-state index in [1.165, 1.54) is 0 Å². The lowest BCUT2D eigenvalue weighted by Gasteiger charge is -2.08. The van der Waals surface area contributed by atoms with E-state index in [4.69, 9.17) is 10.5 Å². The Balaban J connectivity index is 0.000000640. The van der Waals surface area contributed by atoms with E-state index in [0.717, 1.165) is 19.6 Å². The molecule has 0 amide bonds. The van der Waals surface area contributed by atoms with Gasteiger partial charge in [-0.3, -0.25) is 0 Å². The third-order valence-electron chi connectivity index (χ3n) is 1.84. The zero-order valence-electron chi connectivity index (χ0n) is 5.67. The van der Waals surface area contributed by atoms with Gasteiger partial charge in [0.15, 0.2) is 0 Å². The molecule has 56 valence electrons. The van der Waals surface area contributed by atoms with Gasteiger partial charge in [-0.05, 0) is 25.8 Å². The van der Waals surface area contributed by atoms with Crippen molar-refractivity contribution in [3.8, 4) is 0 Å². The molecular formula is C6H14ClNO. The minimum absolute atomic E-state index is 0. The zero-order chi connectivity index (χ0) is 5.98. The summed E-state index contributed by atoms with van der Waals surface area (Å²) in [6.07, 6.45) is 1.55. The van der Waals surface area contributed by atoms with Crippen LogP contribution < -0.4 is 5.73 Å². The van der Waals surface area contributed by atoms with Crippen LogP contribution in [-0.2, 0) is 4.74 Å². The van der Waals surface area contributed by atoms with Gasteiger partial charge in [-0.25, -0.2) is 0 Å². The highest BCUT2D eigenvalue weighted by atomic mass is 35.5. The number of nitrogens with two attached hydrogens (primary N) is 1. The fourth-order valence-electron chi connectivity index (χ4n) is 1.09. The predicted molar refractivity (Wildman–Crippen MR) is 39.8 cm³/mol. The van der Waals surface area contributed by atoms with Crippen LogP contribution in [-0.4, -0.2) is 19.3 Å². The van der Waals surface area contributed by atoms with Crippen LogP contribution in [0.1, 0.15) is 13.3 Å². The Morgan fingerprint density at radius 3 is 2.56 bits per heavy atom. The Bertz CT molecular complexity index is 79.5. The van der Waals surface area contributed by atoms with Gasteiger partial charge in [-0.1, -0.05) is 0 Å². The Labute approximate surface area is 62.2 Å². The normalized spacial score (nSPS) is 34.0. The van der Waals surface area contributed by atoms with Gasteiger partial charge in [-0.15, -0.1) is 12.4 Å². The second-order valence-electron chi connectivity index (χ2n) is 2.36. The Kier molecular flexibility index (Phi) is 4.19. The maximum absolute atomic E-state index is 5.44. The average molecular weight is 152 g/mol. The minimum Gasteiger partial charge on any atom is -0.378 e. The van der Waals surface area contributed by atoms with E-state index in [9.17, 15) is 0 Å². The molecule has 0 radical (unpaired) electrons. The molecule has 3 heteroatoms. The van der Waals surface area contributed by atoms with E-state index < -0.39 is 0 Å². The van der Waals surface area contributed by atoms with E-state index in [0.29, 0.717) is 12.0 Å². The molecule has 0 spiro atoms. The molecule has 0 unspecified atom stereocenters. The highest BCUT2D eigenvalue weighted by molar-refractivity contribution is 5.85. The first kappa shape index (κ1) is 9.21. The van der Waals surface area contributed by atoms with Crippen molar-refractivity contribution >= 4 is 12.4 Å². The molecule has 0 aromatic rings. The van der Waals surface area contributed by atoms with Crippen molar-refractivity contribution in [2.75, 3.05) is 13.2 Å². The average Bonchev–Trinajstić information content (AvgIpc) is 2.14. The first-order chi connectivity index (χ1) is 3.84. The molecule has 0 saturated carbocycles. The molecule has 2 nitrogen and oxygen atoms in total. The summed E-state index contributed by atoms with van der Waals surface area (Å²) < 4.78 is 5.28. The zero-order valence-corrected chi connectivity index (χ0v) is 6.49. The third kappa shape index (κ3) is 2.12. The molecule has 0 bridgehead atoms. The first-order valence-corrected chi connectivity index (χ1v) is 3.16. The number of halogens is 1. The standard InChI is InChI=1S/C6H13NO.ClH/c1-5-6(4-7)2-3-8-5;/h5-6H,2-4,7H2,1H3;1H/t5-,6+;/m1./s1. The van der Waals surface area contributed by atoms with E-state index in [-0.39, 0.29) is 12.4 Å². The molecule has 2 atom stereocenters. The Morgan fingerprint density at radius 2 is 2.33 bits per heavy atom. The molecule has 0 aromatic carbocycles. The van der Waals surface area contributed by atoms with E-state index in [1.807, 2.05) is 0 Å². The van der Waals surface area contributed by atoms with Gasteiger partial charge in [0.05, 0.1) is 6.10 Å². The van der Waals surface area contributed by atoms with Crippen molar-refractivity contribution in [1.29, 1.82) is 0 Å². The van der Waals surface area contributed by atoms with E-state index in [2.05, 4.69) is 6.92 Å². The molecule has 1 rings (SSSR count). The lowest BCUT2D eigenvalue weighted by Crippen LogP contribution is -2.20. The SMILES string of the molecule is C[C@H]1OCC[C@H]1CN.Cl. The summed E-state index contributed by atoms with van der Waals surface area (Å²) in [5.41, 5.74) is 5.44. The van der Waals surface area contributed by atoms with Crippen LogP contribution in [0.25, 0.3) is 0 Å². The molecule has 1 heterocycles. The lowest BCUT2D eigenvalue weighted by molar-refractivity contribution is 0.107. The minimum atomic E-state index is 0. The summed E-state index contributed by atoms with van der Waals surface area (Å²) in [5, 5.41) is 0. The molecule has 1 aliphatic heterocycles. The number of hydrogen-bond acceptors (Lipinski definition) is 2. The molecule has 2 N–H and O–H groups in total. The highest BCUT2D eigenvalue weighted by Crippen LogP contribution is 2.18. The third-order valence-corrected chi connectivity index (χ3v) is 1.84. The summed E-state index contributed by atoms with van der Waals surface area (Å²) in [7, 11) is 0. The van der Waals surface area contributed by atoms with Crippen LogP contribution in [0.2, 0.25) is 0 Å². The molecule has 0 aromatic heterocycles. The number of rotatable bonds is 1. The van der Waals surface area contributed by atoms with Crippen LogP contribution >= 0.6 is 12.4 Å². The molecule has 1 fully saturated rings. The number of hydrogen-bond donors (Lipinski definition) is 1. The van der Waals surface area contributed by atoms with Gasteiger partial charge in [-0.2, -0.15) is 0 Å². The summed E-state index contributed by atoms with van der Waals surface area (Å²) in [4.78, 5) is 0. The van der Waals surface area contributed by atoms with Gasteiger partial charge in [0.1, 0.15) is 0 Å². The summed E-state index contributed by atoms with van der Waals surface area (Å²) in [6.45, 7) is 3.77. The van der Waals surface area contributed by atoms with Crippen LogP contribution in [0, 0.1) is 5.92 Å². The van der Waals surface area contributed by atoms with Crippen molar-refractivity contribution in [3.63, 3.8) is 0 Å². The quantitative estimate of drug-likeness (QED) is 0.602. The molecule has 1 aliphatic rings. The second kappa shape index (κ2) is 4.09. The lowest BCUT2D eigenvalue weighted by atomic mass is 10.0. The van der Waals surface area contributed by atoms with Gasteiger partial charge in [0, 0.05) is 6.61 Å². The van der Waals surface area contributed by atoms with Crippen molar-refractivity contribution < 1.29 is 4.74 Å². The van der Waals surface area contributed by atoms with E-state index in [1.54, 1.807) is 0 Å². The van der Waals surface area contributed by atoms with Crippen molar-refractivity contribution in [1.82, 2.24) is 0 Å². The van der Waals surface area contributed by atoms with Crippen LogP contribution in [0.3, 0.4) is 0 Å². The first-order valence-electron chi connectivity index (χ1n) is 3.16. The van der Waals surface area contributed by atoms with Gasteiger partial charge in [0.2, 0.25) is 0 Å². The van der Waals surface area contributed by atoms with Crippen LogP contribution in [0.15, 0.2) is 0 Å². The monoisotopic (exact) mass is 151 g/mol. The smallest absolute Gasteiger partial charge is 0.0588 e. The fourth-order valence-corrected chi connectivity index (χ4v) is 1.09. The maximum Gasteiger partial charge on any atom is 0.0588 e. The Morgan fingerprint density at radius 1 is 1.67 bits per heavy atom. The summed E-state index contributed by atoms with van der Waals surface area (Å²) in [5.74, 6) is 0.620. The molecule has 0 aliphatic carbocycles. The fraction of sp³-hybridized carbons (Fsp3) is 1.00. The summed E-state index contributed by atoms with van der Waals surface area (Å²) >= 11 is 0. The van der Waals surface area contributed by atoms with Gasteiger partial charge >= 0.3 is 0 Å². The predicted octanol–water partition coefficient (Wildman–Crippen LogP) is 0.792. The van der Waals surface area contributed by atoms with Gasteiger partial charge < -0.3 is 10.5 Å². The largest absolute Gasteiger partial charge is 0.378 e. The topological polar surface area (TPSA) is 35.2 Å². The van der Waals surface area contributed by atoms with Crippen molar-refractivity contribution in [2.24, 2.45) is 11.7 Å². The van der Waals surface area contributed by atoms with Crippen molar-refractivity contribution in [2.45, 2.75) is 19.4 Å². The van der Waals surface area contributed by atoms with E-state index >= 15 is 0 Å². The molecule has 9 heavy (non-hydrogen) atoms. The van der Waals surface area contributed by atoms with Crippen LogP contribution in [0.5, 0.6) is 0 Å². The highest BCUT2D eigenvalue weighted by Gasteiger charge is 2.21. The molecular weight excluding hydrogens is 138 g/mol. The maximum atomic E-state index is 5.44. The van der Waals surface area contributed by atoms with Crippen molar-refractivity contribution in [3.05, 3.63) is 0 Å². The second-order valence-corrected chi connectivity index (χ2v) is 2.36. The summed E-state index contributed by atoms with van der Waals surface area (Å²) in [6, 6.07) is 0. The van der Waals surface area contributed by atoms with Crippen LogP contribution in [0.4, 0.5) is 0 Å².